The zero-order chi connectivity index (χ0) is 28.6. The molecule has 0 radical (unpaired) electrons. The van der Waals surface area contributed by atoms with Crippen LogP contribution in [-0.4, -0.2) is 81.0 Å². The Morgan fingerprint density at radius 2 is 1.51 bits per heavy atom. The maximum atomic E-state index is 13.6. The van der Waals surface area contributed by atoms with Crippen molar-refractivity contribution in [3.05, 3.63) is 60.3 Å². The highest BCUT2D eigenvalue weighted by Crippen LogP contribution is 2.33. The average molecular weight is 578 g/mol. The van der Waals surface area contributed by atoms with Crippen molar-refractivity contribution in [2.75, 3.05) is 67.1 Å². The SMILES string of the molecule is CC(C)(C)c1ccc(S(=O)(=O)Nc2ccc(N3CCOCC3)cc2-n2nnc3c(N4CCOCC4)nccc32)cc1. The summed E-state index contributed by atoms with van der Waals surface area (Å²) in [6, 6.07) is 14.5. The summed E-state index contributed by atoms with van der Waals surface area (Å²) in [6.45, 7) is 11.7. The van der Waals surface area contributed by atoms with E-state index in [9.17, 15) is 8.42 Å². The standard InChI is InChI=1S/C29H35N7O4S/c1-29(2,3)21-4-7-23(8-5-21)41(37,38)32-24-9-6-22(34-12-16-39-17-13-34)20-26(24)36-25-10-11-30-28(27(25)31-33-36)35-14-18-40-19-15-35/h4-11,20,32H,12-19H2,1-3H3. The van der Waals surface area contributed by atoms with Crippen LogP contribution in [0.3, 0.4) is 0 Å². The Balaban J connectivity index is 1.42. The van der Waals surface area contributed by atoms with E-state index in [-0.39, 0.29) is 10.3 Å². The molecule has 0 amide bonds. The lowest BCUT2D eigenvalue weighted by molar-refractivity contribution is 0.122. The first kappa shape index (κ1) is 27.4. The molecular weight excluding hydrogens is 542 g/mol. The van der Waals surface area contributed by atoms with Crippen molar-refractivity contribution in [1.29, 1.82) is 0 Å². The fraction of sp³-hybridized carbons (Fsp3) is 0.414. The molecule has 4 aromatic rings. The Kier molecular flexibility index (Phi) is 7.30. The van der Waals surface area contributed by atoms with Gasteiger partial charge in [0.05, 0.1) is 42.7 Å². The summed E-state index contributed by atoms with van der Waals surface area (Å²) in [4.78, 5) is 9.14. The molecule has 2 fully saturated rings. The van der Waals surface area contributed by atoms with Crippen molar-refractivity contribution < 1.29 is 17.9 Å². The van der Waals surface area contributed by atoms with Crippen molar-refractivity contribution in [1.82, 2.24) is 20.0 Å². The number of benzene rings is 2. The number of sulfonamides is 1. The van der Waals surface area contributed by atoms with Crippen molar-refractivity contribution in [2.45, 2.75) is 31.1 Å². The molecule has 2 aliphatic rings. The summed E-state index contributed by atoms with van der Waals surface area (Å²) in [7, 11) is -3.89. The summed E-state index contributed by atoms with van der Waals surface area (Å²) >= 11 is 0. The molecule has 4 heterocycles. The molecule has 2 saturated heterocycles. The van der Waals surface area contributed by atoms with E-state index in [1.165, 1.54) is 0 Å². The number of aromatic nitrogens is 4. The number of fused-ring (bicyclic) bond motifs is 1. The number of morpholine rings is 2. The molecule has 41 heavy (non-hydrogen) atoms. The molecular formula is C29H35N7O4S. The van der Waals surface area contributed by atoms with E-state index in [1.807, 2.05) is 30.3 Å². The predicted octanol–water partition coefficient (Wildman–Crippen LogP) is 3.59. The second-order valence-corrected chi connectivity index (χ2v) is 13.0. The van der Waals surface area contributed by atoms with E-state index in [0.29, 0.717) is 56.4 Å². The highest BCUT2D eigenvalue weighted by atomic mass is 32.2. The van der Waals surface area contributed by atoms with E-state index < -0.39 is 10.0 Å². The number of hydrogen-bond acceptors (Lipinski definition) is 9. The van der Waals surface area contributed by atoms with E-state index in [1.54, 1.807) is 29.1 Å². The number of anilines is 3. The second-order valence-electron chi connectivity index (χ2n) is 11.3. The van der Waals surface area contributed by atoms with Gasteiger partial charge >= 0.3 is 0 Å². The molecule has 0 aliphatic carbocycles. The summed E-state index contributed by atoms with van der Waals surface area (Å²) in [5, 5.41) is 9.00. The highest BCUT2D eigenvalue weighted by Gasteiger charge is 2.24. The van der Waals surface area contributed by atoms with Gasteiger partial charge < -0.3 is 19.3 Å². The first-order chi connectivity index (χ1) is 19.7. The number of hydrogen-bond donors (Lipinski definition) is 1. The smallest absolute Gasteiger partial charge is 0.261 e. The number of nitrogens with zero attached hydrogens (tertiary/aromatic N) is 6. The zero-order valence-corrected chi connectivity index (χ0v) is 24.4. The summed E-state index contributed by atoms with van der Waals surface area (Å²) in [5.41, 5.74) is 4.29. The Bertz CT molecular complexity index is 1640. The van der Waals surface area contributed by atoms with Crippen LogP contribution >= 0.6 is 0 Å². The fourth-order valence-electron chi connectivity index (χ4n) is 5.16. The van der Waals surface area contributed by atoms with Gasteiger partial charge in [0.25, 0.3) is 10.0 Å². The van der Waals surface area contributed by atoms with Crippen LogP contribution in [0.4, 0.5) is 17.2 Å². The van der Waals surface area contributed by atoms with Gasteiger partial charge in [-0.25, -0.2) is 18.1 Å². The van der Waals surface area contributed by atoms with E-state index in [2.05, 4.69) is 50.6 Å². The van der Waals surface area contributed by atoms with Crippen molar-refractivity contribution in [3.63, 3.8) is 0 Å². The molecule has 216 valence electrons. The summed E-state index contributed by atoms with van der Waals surface area (Å²) < 4.78 is 42.7. The number of nitrogens with one attached hydrogen (secondary N) is 1. The number of pyridine rings is 1. The molecule has 1 N–H and O–H groups in total. The quantitative estimate of drug-likeness (QED) is 0.367. The Morgan fingerprint density at radius 1 is 0.854 bits per heavy atom. The largest absolute Gasteiger partial charge is 0.378 e. The average Bonchev–Trinajstić information content (AvgIpc) is 3.42. The molecule has 11 nitrogen and oxygen atoms in total. The normalized spacial score (nSPS) is 16.8. The molecule has 2 aromatic carbocycles. The molecule has 0 spiro atoms. The fourth-order valence-corrected chi connectivity index (χ4v) is 6.23. The minimum atomic E-state index is -3.89. The van der Waals surface area contributed by atoms with Crippen LogP contribution in [0.5, 0.6) is 0 Å². The molecule has 0 unspecified atom stereocenters. The van der Waals surface area contributed by atoms with E-state index >= 15 is 0 Å². The Labute approximate surface area is 240 Å². The van der Waals surface area contributed by atoms with Crippen LogP contribution in [0.25, 0.3) is 16.7 Å². The van der Waals surface area contributed by atoms with Gasteiger partial charge in [-0.2, -0.15) is 0 Å². The molecule has 6 rings (SSSR count). The van der Waals surface area contributed by atoms with Gasteiger partial charge in [-0.3, -0.25) is 4.72 Å². The van der Waals surface area contributed by atoms with Crippen LogP contribution in [0.1, 0.15) is 26.3 Å². The van der Waals surface area contributed by atoms with Gasteiger partial charge in [0, 0.05) is 38.1 Å². The monoisotopic (exact) mass is 577 g/mol. The maximum Gasteiger partial charge on any atom is 0.261 e. The van der Waals surface area contributed by atoms with E-state index in [0.717, 1.165) is 35.7 Å². The third-order valence-corrected chi connectivity index (χ3v) is 8.90. The molecule has 0 bridgehead atoms. The molecule has 12 heteroatoms. The highest BCUT2D eigenvalue weighted by molar-refractivity contribution is 7.92. The predicted molar refractivity (Wildman–Crippen MR) is 159 cm³/mol. The third kappa shape index (κ3) is 5.59. The summed E-state index contributed by atoms with van der Waals surface area (Å²) in [5.74, 6) is 0.738. The van der Waals surface area contributed by atoms with Crippen LogP contribution in [0.15, 0.2) is 59.6 Å². The van der Waals surface area contributed by atoms with Gasteiger partial charge in [-0.05, 0) is 47.4 Å². The zero-order valence-electron chi connectivity index (χ0n) is 23.6. The Morgan fingerprint density at radius 3 is 2.17 bits per heavy atom. The first-order valence-corrected chi connectivity index (χ1v) is 15.3. The van der Waals surface area contributed by atoms with Crippen LogP contribution < -0.4 is 14.5 Å². The number of rotatable bonds is 6. The molecule has 0 atom stereocenters. The third-order valence-electron chi connectivity index (χ3n) is 7.52. The summed E-state index contributed by atoms with van der Waals surface area (Å²) in [6.07, 6.45) is 1.74. The minimum Gasteiger partial charge on any atom is -0.378 e. The van der Waals surface area contributed by atoms with Gasteiger partial charge in [-0.15, -0.1) is 5.10 Å². The molecule has 0 saturated carbocycles. The van der Waals surface area contributed by atoms with Crippen LogP contribution in [0, 0.1) is 0 Å². The van der Waals surface area contributed by atoms with Crippen molar-refractivity contribution in [2.24, 2.45) is 0 Å². The van der Waals surface area contributed by atoms with Crippen LogP contribution in [0.2, 0.25) is 0 Å². The molecule has 2 aliphatic heterocycles. The molecule has 2 aromatic heterocycles. The van der Waals surface area contributed by atoms with Gasteiger partial charge in [0.15, 0.2) is 11.3 Å². The lowest BCUT2D eigenvalue weighted by Gasteiger charge is -2.29. The maximum absolute atomic E-state index is 13.6. The van der Waals surface area contributed by atoms with Crippen molar-refractivity contribution in [3.8, 4) is 5.69 Å². The lowest BCUT2D eigenvalue weighted by Crippen LogP contribution is -2.36. The minimum absolute atomic E-state index is 0.0821. The van der Waals surface area contributed by atoms with Gasteiger partial charge in [0.2, 0.25) is 0 Å². The second kappa shape index (κ2) is 10.9. The van der Waals surface area contributed by atoms with Crippen molar-refractivity contribution >= 4 is 38.2 Å². The number of ether oxygens (including phenoxy) is 2. The first-order valence-electron chi connectivity index (χ1n) is 13.8. The topological polar surface area (TPSA) is 115 Å². The lowest BCUT2D eigenvalue weighted by atomic mass is 9.87. The van der Waals surface area contributed by atoms with E-state index in [4.69, 9.17) is 9.47 Å². The van der Waals surface area contributed by atoms with Gasteiger partial charge in [-0.1, -0.05) is 38.1 Å². The van der Waals surface area contributed by atoms with Crippen LogP contribution in [-0.2, 0) is 24.9 Å². The van der Waals surface area contributed by atoms with Gasteiger partial charge in [0.1, 0.15) is 5.52 Å². The Hall–Kier alpha value is -3.74.